The SMILES string of the molecule is CCN(CCNC(=NC)N1CCC2(CCC2)C1)C(C)C. The predicted octanol–water partition coefficient (Wildman–Crippen LogP) is 2.17. The first-order chi connectivity index (χ1) is 9.60. The zero-order valence-electron chi connectivity index (χ0n) is 13.8. The Labute approximate surface area is 124 Å². The molecule has 0 aromatic heterocycles. The molecule has 0 amide bonds. The molecule has 1 N–H and O–H groups in total. The average molecular weight is 280 g/mol. The number of likely N-dealkylation sites (N-methyl/N-ethyl adjacent to an activating group) is 1. The zero-order valence-corrected chi connectivity index (χ0v) is 13.8. The molecule has 0 unspecified atom stereocenters. The first kappa shape index (κ1) is 15.6. The van der Waals surface area contributed by atoms with Crippen LogP contribution in [0.2, 0.25) is 0 Å². The first-order valence-electron chi connectivity index (χ1n) is 8.30. The fourth-order valence-corrected chi connectivity index (χ4v) is 3.63. The molecule has 4 nitrogen and oxygen atoms in total. The highest BCUT2D eigenvalue weighted by atomic mass is 15.3. The van der Waals surface area contributed by atoms with Crippen molar-refractivity contribution in [2.75, 3.05) is 39.8 Å². The summed E-state index contributed by atoms with van der Waals surface area (Å²) in [5.74, 6) is 1.11. The molecular weight excluding hydrogens is 248 g/mol. The van der Waals surface area contributed by atoms with Gasteiger partial charge in [0.15, 0.2) is 5.96 Å². The van der Waals surface area contributed by atoms with Crippen molar-refractivity contribution in [2.45, 2.75) is 52.5 Å². The van der Waals surface area contributed by atoms with Crippen LogP contribution in [-0.2, 0) is 0 Å². The second-order valence-electron chi connectivity index (χ2n) is 6.72. The van der Waals surface area contributed by atoms with Gasteiger partial charge in [-0.2, -0.15) is 0 Å². The quantitative estimate of drug-likeness (QED) is 0.618. The molecule has 0 radical (unpaired) electrons. The third-order valence-corrected chi connectivity index (χ3v) is 5.18. The smallest absolute Gasteiger partial charge is 0.193 e. The maximum absolute atomic E-state index is 4.47. The molecular formula is C16H32N4. The fraction of sp³-hybridized carbons (Fsp3) is 0.938. The number of hydrogen-bond acceptors (Lipinski definition) is 2. The number of aliphatic imine (C=N–C) groups is 1. The molecule has 1 saturated carbocycles. The van der Waals surface area contributed by atoms with Crippen molar-refractivity contribution in [2.24, 2.45) is 10.4 Å². The second kappa shape index (κ2) is 6.79. The molecule has 1 aliphatic carbocycles. The molecule has 0 aromatic rings. The summed E-state index contributed by atoms with van der Waals surface area (Å²) in [6.07, 6.45) is 5.65. The van der Waals surface area contributed by atoms with Crippen molar-refractivity contribution in [1.82, 2.24) is 15.1 Å². The van der Waals surface area contributed by atoms with Crippen molar-refractivity contribution in [1.29, 1.82) is 0 Å². The highest BCUT2D eigenvalue weighted by Gasteiger charge is 2.43. The largest absolute Gasteiger partial charge is 0.355 e. The minimum Gasteiger partial charge on any atom is -0.355 e. The molecule has 2 fully saturated rings. The van der Waals surface area contributed by atoms with Gasteiger partial charge in [0.05, 0.1) is 0 Å². The molecule has 116 valence electrons. The fourth-order valence-electron chi connectivity index (χ4n) is 3.63. The van der Waals surface area contributed by atoms with E-state index >= 15 is 0 Å². The van der Waals surface area contributed by atoms with Crippen LogP contribution in [0.25, 0.3) is 0 Å². The zero-order chi connectivity index (χ0) is 14.6. The van der Waals surface area contributed by atoms with E-state index in [1.165, 1.54) is 38.8 Å². The normalized spacial score (nSPS) is 21.9. The van der Waals surface area contributed by atoms with Crippen LogP contribution in [0.4, 0.5) is 0 Å². The van der Waals surface area contributed by atoms with Gasteiger partial charge in [0.25, 0.3) is 0 Å². The summed E-state index contributed by atoms with van der Waals surface area (Å²) in [5, 5.41) is 3.55. The number of guanidine groups is 1. The number of nitrogens with zero attached hydrogens (tertiary/aromatic N) is 3. The predicted molar refractivity (Wildman–Crippen MR) is 86.2 cm³/mol. The van der Waals surface area contributed by atoms with Crippen LogP contribution in [0.5, 0.6) is 0 Å². The molecule has 0 bridgehead atoms. The van der Waals surface area contributed by atoms with Crippen molar-refractivity contribution in [3.05, 3.63) is 0 Å². The van der Waals surface area contributed by atoms with E-state index in [-0.39, 0.29) is 0 Å². The lowest BCUT2D eigenvalue weighted by atomic mass is 9.68. The summed E-state index contributed by atoms with van der Waals surface area (Å²) in [4.78, 5) is 9.42. The summed E-state index contributed by atoms with van der Waals surface area (Å²) in [6.45, 7) is 12.3. The number of rotatable bonds is 5. The Kier molecular flexibility index (Phi) is 5.30. The van der Waals surface area contributed by atoms with Crippen molar-refractivity contribution >= 4 is 5.96 Å². The van der Waals surface area contributed by atoms with Crippen LogP contribution in [0.3, 0.4) is 0 Å². The van der Waals surface area contributed by atoms with E-state index in [4.69, 9.17) is 0 Å². The molecule has 4 heteroatoms. The number of likely N-dealkylation sites (tertiary alicyclic amines) is 1. The summed E-state index contributed by atoms with van der Waals surface area (Å²) in [7, 11) is 1.91. The van der Waals surface area contributed by atoms with Gasteiger partial charge in [0, 0.05) is 39.3 Å². The van der Waals surface area contributed by atoms with Crippen LogP contribution in [0.1, 0.15) is 46.5 Å². The molecule has 1 heterocycles. The maximum atomic E-state index is 4.47. The van der Waals surface area contributed by atoms with Crippen LogP contribution in [0, 0.1) is 5.41 Å². The van der Waals surface area contributed by atoms with Gasteiger partial charge in [-0.3, -0.25) is 9.89 Å². The van der Waals surface area contributed by atoms with E-state index in [1.807, 2.05) is 7.05 Å². The highest BCUT2D eigenvalue weighted by molar-refractivity contribution is 5.80. The Balaban J connectivity index is 1.76. The Hall–Kier alpha value is -0.770. The highest BCUT2D eigenvalue weighted by Crippen LogP contribution is 2.47. The second-order valence-corrected chi connectivity index (χ2v) is 6.72. The van der Waals surface area contributed by atoms with E-state index in [9.17, 15) is 0 Å². The lowest BCUT2D eigenvalue weighted by Crippen LogP contribution is -2.45. The third-order valence-electron chi connectivity index (χ3n) is 5.18. The van der Waals surface area contributed by atoms with E-state index in [0.29, 0.717) is 11.5 Å². The Morgan fingerprint density at radius 1 is 1.35 bits per heavy atom. The standard InChI is InChI=1S/C16H32N4/c1-5-19(14(2)3)12-10-18-15(17-4)20-11-9-16(13-20)7-6-8-16/h14H,5-13H2,1-4H3,(H,17,18). The lowest BCUT2D eigenvalue weighted by Gasteiger charge is -2.38. The first-order valence-corrected chi connectivity index (χ1v) is 8.30. The van der Waals surface area contributed by atoms with Gasteiger partial charge in [-0.05, 0) is 45.1 Å². The minimum absolute atomic E-state index is 0.619. The van der Waals surface area contributed by atoms with Crippen molar-refractivity contribution < 1.29 is 0 Å². The van der Waals surface area contributed by atoms with Gasteiger partial charge >= 0.3 is 0 Å². The number of nitrogens with one attached hydrogen (secondary N) is 1. The maximum Gasteiger partial charge on any atom is 0.193 e. The molecule has 1 saturated heterocycles. The molecule has 0 aromatic carbocycles. The van der Waals surface area contributed by atoms with E-state index in [2.05, 4.69) is 40.9 Å². The molecule has 0 atom stereocenters. The van der Waals surface area contributed by atoms with E-state index < -0.39 is 0 Å². The summed E-state index contributed by atoms with van der Waals surface area (Å²) in [6, 6.07) is 0.619. The Morgan fingerprint density at radius 3 is 2.55 bits per heavy atom. The topological polar surface area (TPSA) is 30.9 Å². The van der Waals surface area contributed by atoms with Crippen LogP contribution in [-0.4, -0.2) is 61.6 Å². The third kappa shape index (κ3) is 3.46. The van der Waals surface area contributed by atoms with Gasteiger partial charge in [0.2, 0.25) is 0 Å². The molecule has 20 heavy (non-hydrogen) atoms. The Morgan fingerprint density at radius 2 is 2.10 bits per heavy atom. The van der Waals surface area contributed by atoms with E-state index in [1.54, 1.807) is 0 Å². The van der Waals surface area contributed by atoms with Gasteiger partial charge in [-0.1, -0.05) is 13.3 Å². The number of hydrogen-bond donors (Lipinski definition) is 1. The Bertz CT molecular complexity index is 333. The van der Waals surface area contributed by atoms with Crippen LogP contribution >= 0.6 is 0 Å². The van der Waals surface area contributed by atoms with Crippen LogP contribution in [0.15, 0.2) is 4.99 Å². The van der Waals surface area contributed by atoms with Gasteiger partial charge in [-0.25, -0.2) is 0 Å². The van der Waals surface area contributed by atoms with Gasteiger partial charge in [-0.15, -0.1) is 0 Å². The lowest BCUT2D eigenvalue weighted by molar-refractivity contribution is 0.151. The molecule has 2 rings (SSSR count). The van der Waals surface area contributed by atoms with Crippen molar-refractivity contribution in [3.8, 4) is 0 Å². The average Bonchev–Trinajstić information content (AvgIpc) is 2.84. The molecule has 1 spiro atoms. The molecule has 2 aliphatic rings. The summed E-state index contributed by atoms with van der Waals surface area (Å²) < 4.78 is 0. The summed E-state index contributed by atoms with van der Waals surface area (Å²) >= 11 is 0. The monoisotopic (exact) mass is 280 g/mol. The van der Waals surface area contributed by atoms with Crippen molar-refractivity contribution in [3.63, 3.8) is 0 Å². The van der Waals surface area contributed by atoms with Gasteiger partial charge < -0.3 is 10.2 Å². The van der Waals surface area contributed by atoms with E-state index in [0.717, 1.165) is 25.6 Å². The van der Waals surface area contributed by atoms with Crippen LogP contribution < -0.4 is 5.32 Å². The minimum atomic E-state index is 0.619. The van der Waals surface area contributed by atoms with Gasteiger partial charge in [0.1, 0.15) is 0 Å². The molecule has 1 aliphatic heterocycles. The summed E-state index contributed by atoms with van der Waals surface area (Å²) in [5.41, 5.74) is 0.644.